The molecule has 2 rings (SSSR count). The van der Waals surface area contributed by atoms with Crippen LogP contribution in [0.3, 0.4) is 0 Å². The molecule has 7 nitrogen and oxygen atoms in total. The number of nitrogens with one attached hydrogen (secondary N) is 2. The van der Waals surface area contributed by atoms with Gasteiger partial charge in [-0.05, 0) is 32.9 Å². The average Bonchev–Trinajstić information content (AvgIpc) is 2.59. The lowest BCUT2D eigenvalue weighted by molar-refractivity contribution is -0.137. The summed E-state index contributed by atoms with van der Waals surface area (Å²) in [6, 6.07) is 2.21. The highest BCUT2D eigenvalue weighted by Gasteiger charge is 2.41. The number of anilines is 1. The Bertz CT molecular complexity index is 816. The summed E-state index contributed by atoms with van der Waals surface area (Å²) in [7, 11) is -3.17. The molecule has 0 amide bonds. The van der Waals surface area contributed by atoms with Crippen molar-refractivity contribution in [3.05, 3.63) is 23.9 Å². The van der Waals surface area contributed by atoms with Crippen LogP contribution in [0.2, 0.25) is 0 Å². The van der Waals surface area contributed by atoms with E-state index in [2.05, 4.69) is 20.6 Å². The number of rotatable bonds is 5. The maximum Gasteiger partial charge on any atom is 0.419 e. The van der Waals surface area contributed by atoms with Crippen LogP contribution in [0.15, 0.2) is 23.3 Å². The zero-order valence-electron chi connectivity index (χ0n) is 16.6. The summed E-state index contributed by atoms with van der Waals surface area (Å²) in [5.41, 5.74) is -0.825. The van der Waals surface area contributed by atoms with Crippen LogP contribution in [0.25, 0.3) is 0 Å². The second-order valence-electron chi connectivity index (χ2n) is 7.06. The van der Waals surface area contributed by atoms with Crippen LogP contribution in [0.1, 0.15) is 26.3 Å². The number of pyridine rings is 1. The molecule has 1 aromatic heterocycles. The van der Waals surface area contributed by atoms with E-state index in [1.54, 1.807) is 13.8 Å². The first-order valence-electron chi connectivity index (χ1n) is 8.99. The molecule has 0 aliphatic carbocycles. The van der Waals surface area contributed by atoms with Gasteiger partial charge in [0, 0.05) is 32.4 Å². The largest absolute Gasteiger partial charge is 0.419 e. The van der Waals surface area contributed by atoms with Gasteiger partial charge in [0.2, 0.25) is 0 Å². The van der Waals surface area contributed by atoms with E-state index in [0.29, 0.717) is 25.6 Å². The highest BCUT2D eigenvalue weighted by Crippen LogP contribution is 2.33. The number of hydrogen-bond acceptors (Lipinski definition) is 5. The number of alkyl halides is 3. The summed E-state index contributed by atoms with van der Waals surface area (Å²) in [6.45, 7) is 6.83. The molecule has 2 heterocycles. The number of aromatic nitrogens is 1. The Morgan fingerprint density at radius 1 is 1.38 bits per heavy atom. The van der Waals surface area contributed by atoms with Crippen LogP contribution < -0.4 is 10.6 Å². The van der Waals surface area contributed by atoms with Gasteiger partial charge in [-0.1, -0.05) is 0 Å². The quantitative estimate of drug-likeness (QED) is 0.254. The van der Waals surface area contributed by atoms with Crippen molar-refractivity contribution >= 4 is 45.6 Å². The maximum atomic E-state index is 13.0. The van der Waals surface area contributed by atoms with Gasteiger partial charge >= 0.3 is 6.18 Å². The van der Waals surface area contributed by atoms with E-state index in [9.17, 15) is 21.6 Å². The second kappa shape index (κ2) is 10.1. The molecule has 0 radical (unpaired) electrons. The van der Waals surface area contributed by atoms with Crippen molar-refractivity contribution in [1.82, 2.24) is 15.2 Å². The fraction of sp³-hybridized carbons (Fsp3) is 0.647. The van der Waals surface area contributed by atoms with E-state index < -0.39 is 26.3 Å². The monoisotopic (exact) mass is 549 g/mol. The van der Waals surface area contributed by atoms with Crippen LogP contribution in [0.4, 0.5) is 19.0 Å². The molecule has 1 saturated heterocycles. The van der Waals surface area contributed by atoms with Crippen molar-refractivity contribution in [2.75, 3.05) is 43.8 Å². The molecular formula is C17H27F3IN5O2S. The Morgan fingerprint density at radius 2 is 2.07 bits per heavy atom. The first-order valence-corrected chi connectivity index (χ1v) is 10.6. The summed E-state index contributed by atoms with van der Waals surface area (Å²) < 4.78 is 62.4. The molecule has 1 aromatic rings. The summed E-state index contributed by atoms with van der Waals surface area (Å²) in [6.07, 6.45) is -3.19. The number of hydrogen-bond donors (Lipinski definition) is 2. The van der Waals surface area contributed by atoms with Crippen LogP contribution in [0, 0.1) is 0 Å². The van der Waals surface area contributed by atoms with E-state index >= 15 is 0 Å². The maximum absolute atomic E-state index is 13.0. The molecule has 0 bridgehead atoms. The van der Waals surface area contributed by atoms with Crippen molar-refractivity contribution in [1.29, 1.82) is 0 Å². The molecular weight excluding hydrogens is 522 g/mol. The van der Waals surface area contributed by atoms with Crippen molar-refractivity contribution in [2.45, 2.75) is 31.7 Å². The molecule has 0 aromatic carbocycles. The van der Waals surface area contributed by atoms with Gasteiger partial charge in [0.15, 0.2) is 15.8 Å². The van der Waals surface area contributed by atoms with Gasteiger partial charge < -0.3 is 15.5 Å². The third kappa shape index (κ3) is 6.59. The predicted molar refractivity (Wildman–Crippen MR) is 119 cm³/mol. The first kappa shape index (κ1) is 25.7. The Balaban J connectivity index is 0.00000420. The second-order valence-corrected chi connectivity index (χ2v) is 9.80. The zero-order valence-corrected chi connectivity index (χ0v) is 19.7. The third-order valence-electron chi connectivity index (χ3n) is 4.46. The Morgan fingerprint density at radius 3 is 2.66 bits per heavy atom. The fourth-order valence-corrected chi connectivity index (χ4v) is 4.23. The van der Waals surface area contributed by atoms with Gasteiger partial charge in [0.05, 0.1) is 22.6 Å². The highest BCUT2D eigenvalue weighted by atomic mass is 127. The molecule has 12 heteroatoms. The summed E-state index contributed by atoms with van der Waals surface area (Å²) in [4.78, 5) is 10.0. The molecule has 1 aliphatic heterocycles. The minimum absolute atomic E-state index is 0. The topological polar surface area (TPSA) is 86.7 Å². The van der Waals surface area contributed by atoms with Crippen LogP contribution in [-0.2, 0) is 16.0 Å². The Hall–Kier alpha value is -1.31. The lowest BCUT2D eigenvalue weighted by Crippen LogP contribution is -2.57. The van der Waals surface area contributed by atoms with E-state index in [0.717, 1.165) is 6.07 Å². The highest BCUT2D eigenvalue weighted by molar-refractivity contribution is 14.0. The van der Waals surface area contributed by atoms with Crippen LogP contribution in [-0.4, -0.2) is 67.5 Å². The molecule has 29 heavy (non-hydrogen) atoms. The number of guanidine groups is 1. The molecule has 1 aliphatic rings. The molecule has 0 spiro atoms. The first-order chi connectivity index (χ1) is 13.0. The molecule has 166 valence electrons. The van der Waals surface area contributed by atoms with Gasteiger partial charge in [-0.3, -0.25) is 4.99 Å². The lowest BCUT2D eigenvalue weighted by Gasteiger charge is -2.39. The third-order valence-corrected chi connectivity index (χ3v) is 6.99. The molecule has 0 unspecified atom stereocenters. The van der Waals surface area contributed by atoms with Crippen molar-refractivity contribution < 1.29 is 21.6 Å². The summed E-state index contributed by atoms with van der Waals surface area (Å²) in [5.74, 6) is 0.343. The number of halogens is 4. The Labute approximate surface area is 186 Å². The number of sulfone groups is 1. The van der Waals surface area contributed by atoms with Gasteiger partial charge in [0.25, 0.3) is 0 Å². The summed E-state index contributed by atoms with van der Waals surface area (Å²) >= 11 is 0. The fourth-order valence-electron chi connectivity index (χ4n) is 2.86. The van der Waals surface area contributed by atoms with Crippen LogP contribution in [0.5, 0.6) is 0 Å². The SMILES string of the molecule is CCNC(=NCCNc1ncccc1C(F)(F)F)N1CCS(=O)(=O)C(C)(C)C1.I. The number of aliphatic imine (C=N–C) groups is 1. The van der Waals surface area contributed by atoms with Gasteiger partial charge in [-0.25, -0.2) is 13.4 Å². The van der Waals surface area contributed by atoms with Gasteiger partial charge in [-0.15, -0.1) is 24.0 Å². The predicted octanol–water partition coefficient (Wildman–Crippen LogP) is 2.60. The van der Waals surface area contributed by atoms with E-state index in [-0.39, 0.29) is 48.6 Å². The van der Waals surface area contributed by atoms with E-state index in [1.807, 2.05) is 11.8 Å². The Kier molecular flexibility index (Phi) is 8.99. The molecule has 1 fully saturated rings. The lowest BCUT2D eigenvalue weighted by atomic mass is 10.2. The normalized spacial score (nSPS) is 18.7. The van der Waals surface area contributed by atoms with Gasteiger partial charge in [0.1, 0.15) is 5.82 Å². The minimum atomic E-state index is -4.49. The standard InChI is InChI=1S/C17H26F3N5O2S.HI/c1-4-21-15(25-10-11-28(26,27)16(2,3)12-25)24-9-8-23-14-13(17(18,19)20)6-5-7-22-14;/h5-7H,4,8-12H2,1-3H3,(H,21,24)(H,22,23);1H. The van der Waals surface area contributed by atoms with Crippen LogP contribution >= 0.6 is 24.0 Å². The van der Waals surface area contributed by atoms with E-state index in [1.165, 1.54) is 12.3 Å². The van der Waals surface area contributed by atoms with Crippen molar-refractivity contribution in [2.24, 2.45) is 4.99 Å². The molecule has 0 saturated carbocycles. The smallest absolute Gasteiger partial charge is 0.368 e. The minimum Gasteiger partial charge on any atom is -0.368 e. The summed E-state index contributed by atoms with van der Waals surface area (Å²) in [5, 5.41) is 5.78. The van der Waals surface area contributed by atoms with Crippen molar-refractivity contribution in [3.8, 4) is 0 Å². The molecule has 0 atom stereocenters. The van der Waals surface area contributed by atoms with Crippen molar-refractivity contribution in [3.63, 3.8) is 0 Å². The zero-order chi connectivity index (χ0) is 21.0. The molecule has 2 N–H and O–H groups in total. The van der Waals surface area contributed by atoms with Gasteiger partial charge in [-0.2, -0.15) is 13.2 Å². The average molecular weight is 549 g/mol. The van der Waals surface area contributed by atoms with E-state index in [4.69, 9.17) is 0 Å². The number of nitrogens with zero attached hydrogens (tertiary/aromatic N) is 3.